The molecule has 2 aliphatic rings. The molecule has 28 heavy (non-hydrogen) atoms. The maximum absolute atomic E-state index is 12.5. The lowest BCUT2D eigenvalue weighted by Crippen LogP contribution is -2.51. The van der Waals surface area contributed by atoms with Crippen molar-refractivity contribution in [3.05, 3.63) is 17.7 Å². The van der Waals surface area contributed by atoms with Gasteiger partial charge in [0.25, 0.3) is 0 Å². The van der Waals surface area contributed by atoms with Crippen LogP contribution in [-0.4, -0.2) is 87.1 Å². The van der Waals surface area contributed by atoms with Gasteiger partial charge in [0.15, 0.2) is 11.5 Å². The van der Waals surface area contributed by atoms with Gasteiger partial charge in [0.2, 0.25) is 17.6 Å². The molecule has 1 aromatic carbocycles. The fraction of sp³-hybridized carbons (Fsp3) is 0.600. The van der Waals surface area contributed by atoms with Crippen LogP contribution in [0.1, 0.15) is 18.4 Å². The van der Waals surface area contributed by atoms with Crippen LogP contribution < -0.4 is 14.2 Å². The predicted molar refractivity (Wildman–Crippen MR) is 104 cm³/mol. The second-order valence-electron chi connectivity index (χ2n) is 7.07. The molecule has 0 spiro atoms. The quantitative estimate of drug-likeness (QED) is 0.690. The van der Waals surface area contributed by atoms with E-state index in [1.807, 2.05) is 17.0 Å². The van der Waals surface area contributed by atoms with E-state index in [0.717, 1.165) is 25.1 Å². The first kappa shape index (κ1) is 20.3. The third kappa shape index (κ3) is 4.32. The van der Waals surface area contributed by atoms with Crippen molar-refractivity contribution in [3.8, 4) is 17.2 Å². The zero-order valence-electron chi connectivity index (χ0n) is 16.9. The van der Waals surface area contributed by atoms with Gasteiger partial charge >= 0.3 is 0 Å². The third-order valence-corrected chi connectivity index (χ3v) is 5.40. The number of ether oxygens (including phenoxy) is 3. The minimum Gasteiger partial charge on any atom is -0.493 e. The highest BCUT2D eigenvalue weighted by Crippen LogP contribution is 2.40. The Morgan fingerprint density at radius 2 is 1.68 bits per heavy atom. The van der Waals surface area contributed by atoms with Gasteiger partial charge in [-0.3, -0.25) is 14.5 Å². The van der Waals surface area contributed by atoms with E-state index in [4.69, 9.17) is 14.2 Å². The summed E-state index contributed by atoms with van der Waals surface area (Å²) in [6.07, 6.45) is 1.42. The minimum absolute atomic E-state index is 0.0404. The molecular weight excluding hydrogens is 362 g/mol. The van der Waals surface area contributed by atoms with Crippen LogP contribution in [0.4, 0.5) is 0 Å². The molecule has 2 fully saturated rings. The van der Waals surface area contributed by atoms with Crippen LogP contribution >= 0.6 is 0 Å². The molecule has 0 radical (unpaired) electrons. The average molecular weight is 391 g/mol. The number of hydrogen-bond acceptors (Lipinski definition) is 6. The van der Waals surface area contributed by atoms with Crippen LogP contribution in [-0.2, 0) is 16.1 Å². The smallest absolute Gasteiger partial charge is 0.242 e. The van der Waals surface area contributed by atoms with E-state index in [0.29, 0.717) is 49.8 Å². The van der Waals surface area contributed by atoms with Crippen LogP contribution in [0.5, 0.6) is 17.2 Å². The number of carbonyl (C=O) groups excluding carboxylic acids is 2. The predicted octanol–water partition coefficient (Wildman–Crippen LogP) is 0.979. The van der Waals surface area contributed by atoms with Crippen molar-refractivity contribution in [3.63, 3.8) is 0 Å². The van der Waals surface area contributed by atoms with Crippen LogP contribution in [0, 0.1) is 0 Å². The van der Waals surface area contributed by atoms with Crippen LogP contribution in [0.3, 0.4) is 0 Å². The highest BCUT2D eigenvalue weighted by molar-refractivity contribution is 5.85. The van der Waals surface area contributed by atoms with Gasteiger partial charge in [-0.15, -0.1) is 0 Å². The second-order valence-corrected chi connectivity index (χ2v) is 7.07. The van der Waals surface area contributed by atoms with Gasteiger partial charge < -0.3 is 24.0 Å². The number of nitrogens with zero attached hydrogens (tertiary/aromatic N) is 3. The molecule has 0 aliphatic carbocycles. The Hall–Kier alpha value is -2.48. The third-order valence-electron chi connectivity index (χ3n) is 5.40. The van der Waals surface area contributed by atoms with Crippen molar-refractivity contribution in [2.24, 2.45) is 0 Å². The first-order valence-electron chi connectivity index (χ1n) is 9.63. The van der Waals surface area contributed by atoms with Gasteiger partial charge in [-0.25, -0.2) is 0 Å². The molecule has 0 bridgehead atoms. The van der Waals surface area contributed by atoms with E-state index in [-0.39, 0.29) is 18.4 Å². The molecule has 0 saturated carbocycles. The first-order valence-corrected chi connectivity index (χ1v) is 9.63. The normalized spacial score (nSPS) is 17.8. The molecule has 1 aromatic rings. The van der Waals surface area contributed by atoms with Crippen LogP contribution in [0.15, 0.2) is 12.1 Å². The maximum Gasteiger partial charge on any atom is 0.242 e. The summed E-state index contributed by atoms with van der Waals surface area (Å²) in [6.45, 7) is 4.49. The molecule has 8 nitrogen and oxygen atoms in total. The topological polar surface area (TPSA) is 71.6 Å². The lowest BCUT2D eigenvalue weighted by atomic mass is 10.1. The van der Waals surface area contributed by atoms with Gasteiger partial charge in [0.05, 0.1) is 27.9 Å². The zero-order chi connectivity index (χ0) is 20.1. The van der Waals surface area contributed by atoms with Crippen molar-refractivity contribution in [1.29, 1.82) is 0 Å². The summed E-state index contributed by atoms with van der Waals surface area (Å²) in [6, 6.07) is 3.86. The van der Waals surface area contributed by atoms with E-state index in [9.17, 15) is 9.59 Å². The Morgan fingerprint density at radius 1 is 0.964 bits per heavy atom. The Kier molecular flexibility index (Phi) is 6.61. The summed E-state index contributed by atoms with van der Waals surface area (Å²) >= 11 is 0. The highest BCUT2D eigenvalue weighted by atomic mass is 16.5. The van der Waals surface area contributed by atoms with Crippen molar-refractivity contribution in [1.82, 2.24) is 14.7 Å². The lowest BCUT2D eigenvalue weighted by Gasteiger charge is -2.35. The Morgan fingerprint density at radius 3 is 2.25 bits per heavy atom. The molecule has 3 rings (SSSR count). The number of rotatable bonds is 7. The molecule has 2 aliphatic heterocycles. The number of methoxy groups -OCH3 is 3. The summed E-state index contributed by atoms with van der Waals surface area (Å²) in [5, 5.41) is 0. The van der Waals surface area contributed by atoms with Gasteiger partial charge in [0, 0.05) is 51.3 Å². The SMILES string of the molecule is COc1ccc(CN2CCN(C(=O)CN3CCCC3=O)CC2)c(OC)c1OC. The van der Waals surface area contributed by atoms with Crippen molar-refractivity contribution in [2.45, 2.75) is 19.4 Å². The van der Waals surface area contributed by atoms with E-state index in [1.165, 1.54) is 0 Å². The van der Waals surface area contributed by atoms with E-state index >= 15 is 0 Å². The molecule has 0 aromatic heterocycles. The zero-order valence-corrected chi connectivity index (χ0v) is 16.9. The summed E-state index contributed by atoms with van der Waals surface area (Å²) < 4.78 is 16.4. The second kappa shape index (κ2) is 9.14. The van der Waals surface area contributed by atoms with E-state index in [2.05, 4.69) is 4.90 Å². The minimum atomic E-state index is 0.0404. The van der Waals surface area contributed by atoms with Gasteiger partial charge in [0.1, 0.15) is 0 Å². The number of piperazine rings is 1. The van der Waals surface area contributed by atoms with Gasteiger partial charge in [-0.1, -0.05) is 6.07 Å². The summed E-state index contributed by atoms with van der Waals surface area (Å²) in [5.41, 5.74) is 1.02. The van der Waals surface area contributed by atoms with E-state index in [1.54, 1.807) is 26.2 Å². The van der Waals surface area contributed by atoms with Gasteiger partial charge in [-0.2, -0.15) is 0 Å². The molecule has 8 heteroatoms. The largest absolute Gasteiger partial charge is 0.493 e. The summed E-state index contributed by atoms with van der Waals surface area (Å²) in [7, 11) is 4.82. The van der Waals surface area contributed by atoms with Crippen LogP contribution in [0.2, 0.25) is 0 Å². The lowest BCUT2D eigenvalue weighted by molar-refractivity contribution is -0.139. The number of carbonyl (C=O) groups is 2. The van der Waals surface area contributed by atoms with Crippen molar-refractivity contribution in [2.75, 3.05) is 60.6 Å². The Bertz CT molecular complexity index is 716. The molecule has 2 amide bonds. The monoisotopic (exact) mass is 391 g/mol. The molecule has 2 saturated heterocycles. The van der Waals surface area contributed by atoms with Crippen molar-refractivity contribution < 1.29 is 23.8 Å². The number of benzene rings is 1. The fourth-order valence-corrected chi connectivity index (χ4v) is 3.82. The number of hydrogen-bond donors (Lipinski definition) is 0. The fourth-order valence-electron chi connectivity index (χ4n) is 3.82. The van der Waals surface area contributed by atoms with E-state index < -0.39 is 0 Å². The average Bonchev–Trinajstić information content (AvgIpc) is 3.12. The van der Waals surface area contributed by atoms with Crippen molar-refractivity contribution >= 4 is 11.8 Å². The Balaban J connectivity index is 1.57. The first-order chi connectivity index (χ1) is 13.6. The highest BCUT2D eigenvalue weighted by Gasteiger charge is 2.27. The molecule has 0 unspecified atom stereocenters. The summed E-state index contributed by atoms with van der Waals surface area (Å²) in [5.74, 6) is 2.03. The van der Waals surface area contributed by atoms with Gasteiger partial charge in [-0.05, 0) is 12.5 Å². The number of amides is 2. The standard InChI is InChI=1S/C20H29N3O5/c1-26-16-7-6-15(19(27-2)20(16)28-3)13-21-9-11-22(12-10-21)18(25)14-23-8-4-5-17(23)24/h6-7H,4-5,8-14H2,1-3H3. The molecule has 0 N–H and O–H groups in total. The molecular formula is C20H29N3O5. The number of likely N-dealkylation sites (tertiary alicyclic amines) is 1. The molecule has 0 atom stereocenters. The Labute approximate surface area is 165 Å². The van der Waals surface area contributed by atoms with Crippen LogP contribution in [0.25, 0.3) is 0 Å². The molecule has 2 heterocycles. The maximum atomic E-state index is 12.5. The molecule has 154 valence electrons. The summed E-state index contributed by atoms with van der Waals surface area (Å²) in [4.78, 5) is 30.0.